The second kappa shape index (κ2) is 13.1. The fraction of sp³-hybridized carbons (Fsp3) is 0.200. The molecule has 4 rings (SSSR count). The largest absolute Gasteiger partial charge is 0.483 e. The van der Waals surface area contributed by atoms with Crippen molar-refractivity contribution in [1.82, 2.24) is 10.2 Å². The molecule has 1 atom stereocenters. The highest BCUT2D eigenvalue weighted by molar-refractivity contribution is 9.10. The maximum Gasteiger partial charge on any atom is 0.261 e. The Labute approximate surface area is 240 Å². The summed E-state index contributed by atoms with van der Waals surface area (Å²) in [6.45, 7) is 2.05. The third kappa shape index (κ3) is 6.68. The van der Waals surface area contributed by atoms with Crippen molar-refractivity contribution in [3.63, 3.8) is 0 Å². The molecule has 0 heterocycles. The van der Waals surface area contributed by atoms with Gasteiger partial charge >= 0.3 is 0 Å². The highest BCUT2D eigenvalue weighted by atomic mass is 79.9. The van der Waals surface area contributed by atoms with Crippen molar-refractivity contribution in [2.75, 3.05) is 13.2 Å². The molecule has 196 valence electrons. The predicted molar refractivity (Wildman–Crippen MR) is 157 cm³/mol. The number of rotatable bonds is 10. The zero-order chi connectivity index (χ0) is 27.1. The summed E-state index contributed by atoms with van der Waals surface area (Å²) in [5, 5.41) is 5.73. The van der Waals surface area contributed by atoms with Crippen LogP contribution in [0, 0.1) is 0 Å². The highest BCUT2D eigenvalue weighted by Crippen LogP contribution is 2.33. The molecule has 0 aromatic heterocycles. The number of carbonyl (C=O) groups excluding carboxylic acids is 2. The average Bonchev–Trinajstić information content (AvgIpc) is 2.92. The average molecular weight is 614 g/mol. The van der Waals surface area contributed by atoms with Gasteiger partial charge < -0.3 is 15.0 Å². The summed E-state index contributed by atoms with van der Waals surface area (Å²) in [6.07, 6.45) is 0.320. The van der Waals surface area contributed by atoms with Crippen LogP contribution in [0.5, 0.6) is 5.75 Å². The lowest BCUT2D eigenvalue weighted by Gasteiger charge is -2.32. The predicted octanol–water partition coefficient (Wildman–Crippen LogP) is 7.06. The van der Waals surface area contributed by atoms with E-state index in [2.05, 4.69) is 21.2 Å². The van der Waals surface area contributed by atoms with Gasteiger partial charge in [0.2, 0.25) is 5.91 Å². The topological polar surface area (TPSA) is 58.6 Å². The second-order valence-electron chi connectivity index (χ2n) is 8.71. The minimum absolute atomic E-state index is 0.0498. The van der Waals surface area contributed by atoms with E-state index in [-0.39, 0.29) is 25.0 Å². The molecule has 0 aliphatic rings. The van der Waals surface area contributed by atoms with Crippen LogP contribution >= 0.6 is 39.1 Å². The second-order valence-corrected chi connectivity index (χ2v) is 10.3. The van der Waals surface area contributed by atoms with Gasteiger partial charge in [-0.25, -0.2) is 0 Å². The lowest BCUT2D eigenvalue weighted by Crippen LogP contribution is -2.51. The summed E-state index contributed by atoms with van der Waals surface area (Å²) in [4.78, 5) is 28.6. The molecule has 1 N–H and O–H groups in total. The summed E-state index contributed by atoms with van der Waals surface area (Å²) < 4.78 is 6.75. The van der Waals surface area contributed by atoms with Crippen LogP contribution in [0.25, 0.3) is 10.8 Å². The molecule has 0 aliphatic carbocycles. The Hall–Kier alpha value is -3.06. The normalized spacial score (nSPS) is 11.7. The van der Waals surface area contributed by atoms with Gasteiger partial charge in [-0.2, -0.15) is 0 Å². The summed E-state index contributed by atoms with van der Waals surface area (Å²) in [5.74, 6) is -0.0987. The number of amides is 2. The Bertz CT molecular complexity index is 1410. The van der Waals surface area contributed by atoms with Crippen molar-refractivity contribution >= 4 is 61.7 Å². The molecule has 1 unspecified atom stereocenters. The zero-order valence-electron chi connectivity index (χ0n) is 20.8. The number of halogens is 3. The maximum absolute atomic E-state index is 13.8. The van der Waals surface area contributed by atoms with Crippen LogP contribution in [0.4, 0.5) is 0 Å². The molecular formula is C30H27BrCl2N2O3. The van der Waals surface area contributed by atoms with E-state index in [1.54, 1.807) is 18.2 Å². The van der Waals surface area contributed by atoms with Crippen molar-refractivity contribution in [3.8, 4) is 5.75 Å². The quantitative estimate of drug-likeness (QED) is 0.208. The first-order chi connectivity index (χ1) is 18.4. The van der Waals surface area contributed by atoms with Crippen molar-refractivity contribution < 1.29 is 14.3 Å². The molecule has 0 radical (unpaired) electrons. The Morgan fingerprint density at radius 1 is 0.921 bits per heavy atom. The van der Waals surface area contributed by atoms with Gasteiger partial charge in [-0.15, -0.1) is 0 Å². The van der Waals surface area contributed by atoms with E-state index in [0.29, 0.717) is 34.3 Å². The number of carbonyl (C=O) groups is 2. The van der Waals surface area contributed by atoms with E-state index < -0.39 is 6.04 Å². The molecule has 0 saturated carbocycles. The smallest absolute Gasteiger partial charge is 0.261 e. The molecule has 0 saturated heterocycles. The number of hydrogen-bond acceptors (Lipinski definition) is 3. The van der Waals surface area contributed by atoms with Crippen molar-refractivity contribution in [2.45, 2.75) is 25.9 Å². The Balaban J connectivity index is 1.66. The number of benzene rings is 4. The summed E-state index contributed by atoms with van der Waals surface area (Å²) in [6, 6.07) is 25.6. The number of ether oxygens (including phenoxy) is 1. The molecule has 8 heteroatoms. The zero-order valence-corrected chi connectivity index (χ0v) is 23.9. The van der Waals surface area contributed by atoms with E-state index >= 15 is 0 Å². The highest BCUT2D eigenvalue weighted by Gasteiger charge is 2.31. The van der Waals surface area contributed by atoms with Crippen LogP contribution in [0.15, 0.2) is 89.4 Å². The van der Waals surface area contributed by atoms with Crippen LogP contribution < -0.4 is 10.1 Å². The number of likely N-dealkylation sites (N-methyl/N-ethyl adjacent to an activating group) is 1. The van der Waals surface area contributed by atoms with E-state index in [0.717, 1.165) is 20.8 Å². The van der Waals surface area contributed by atoms with Gasteiger partial charge in [0.25, 0.3) is 5.91 Å². The standard InChI is InChI=1S/C30H27BrCl2N2O3/c1-2-34-30(37)26(17-20-9-4-3-5-10-20)35(18-23-24(32)13-8-14-25(23)33)28(36)19-38-27-16-15-21-11-6-7-12-22(21)29(27)31/h3-16,26H,2,17-19H2,1H3,(H,34,37). The van der Waals surface area contributed by atoms with Crippen molar-refractivity contribution in [2.24, 2.45) is 0 Å². The molecule has 0 bridgehead atoms. The van der Waals surface area contributed by atoms with E-state index in [1.165, 1.54) is 4.90 Å². The number of fused-ring (bicyclic) bond motifs is 1. The molecule has 5 nitrogen and oxygen atoms in total. The molecule has 38 heavy (non-hydrogen) atoms. The molecule has 4 aromatic carbocycles. The van der Waals surface area contributed by atoms with Crippen molar-refractivity contribution in [3.05, 3.63) is 111 Å². The Kier molecular flexibility index (Phi) is 9.67. The third-order valence-corrected chi connectivity index (χ3v) is 7.72. The van der Waals surface area contributed by atoms with Gasteiger partial charge in [0.05, 0.1) is 4.47 Å². The van der Waals surface area contributed by atoms with E-state index in [4.69, 9.17) is 27.9 Å². The van der Waals surface area contributed by atoms with Crippen LogP contribution in [-0.4, -0.2) is 35.9 Å². The Morgan fingerprint density at radius 3 is 2.32 bits per heavy atom. The summed E-state index contributed by atoms with van der Waals surface area (Å²) >= 11 is 16.6. The van der Waals surface area contributed by atoms with Crippen LogP contribution in [0.3, 0.4) is 0 Å². The first-order valence-electron chi connectivity index (χ1n) is 12.2. The van der Waals surface area contributed by atoms with Gasteiger partial charge in [0, 0.05) is 35.1 Å². The van der Waals surface area contributed by atoms with Crippen LogP contribution in [0.2, 0.25) is 10.0 Å². The molecule has 0 spiro atoms. The fourth-order valence-corrected chi connectivity index (χ4v) is 5.37. The van der Waals surface area contributed by atoms with E-state index in [9.17, 15) is 9.59 Å². The first kappa shape index (κ1) is 28.0. The molecule has 4 aromatic rings. The van der Waals surface area contributed by atoms with Crippen molar-refractivity contribution in [1.29, 1.82) is 0 Å². The Morgan fingerprint density at radius 2 is 1.61 bits per heavy atom. The third-order valence-electron chi connectivity index (χ3n) is 6.19. The summed E-state index contributed by atoms with van der Waals surface area (Å²) in [7, 11) is 0. The summed E-state index contributed by atoms with van der Waals surface area (Å²) in [5.41, 5.74) is 1.49. The van der Waals surface area contributed by atoms with Gasteiger partial charge in [-0.1, -0.05) is 89.9 Å². The van der Waals surface area contributed by atoms with Crippen LogP contribution in [-0.2, 0) is 22.6 Å². The van der Waals surface area contributed by atoms with Gasteiger partial charge in [-0.3, -0.25) is 9.59 Å². The first-order valence-corrected chi connectivity index (χ1v) is 13.8. The number of hydrogen-bond donors (Lipinski definition) is 1. The maximum atomic E-state index is 13.8. The van der Waals surface area contributed by atoms with Gasteiger partial charge in [0.15, 0.2) is 6.61 Å². The lowest BCUT2D eigenvalue weighted by atomic mass is 10.0. The SMILES string of the molecule is CCNC(=O)C(Cc1ccccc1)N(Cc1c(Cl)cccc1Cl)C(=O)COc1ccc2ccccc2c1Br. The number of nitrogens with zero attached hydrogens (tertiary/aromatic N) is 1. The fourth-order valence-electron chi connectivity index (χ4n) is 4.25. The minimum Gasteiger partial charge on any atom is -0.483 e. The van der Waals surface area contributed by atoms with Gasteiger partial charge in [0.1, 0.15) is 11.8 Å². The molecule has 0 fully saturated rings. The van der Waals surface area contributed by atoms with Crippen LogP contribution in [0.1, 0.15) is 18.1 Å². The number of nitrogens with one attached hydrogen (secondary N) is 1. The van der Waals surface area contributed by atoms with E-state index in [1.807, 2.05) is 73.7 Å². The molecular weight excluding hydrogens is 587 g/mol. The van der Waals surface area contributed by atoms with Gasteiger partial charge in [-0.05, 0) is 57.4 Å². The minimum atomic E-state index is -0.805. The molecule has 0 aliphatic heterocycles. The lowest BCUT2D eigenvalue weighted by molar-refractivity contribution is -0.142. The molecule has 2 amide bonds. The monoisotopic (exact) mass is 612 g/mol.